The molecule has 1 fully saturated rings. The predicted octanol–water partition coefficient (Wildman–Crippen LogP) is 4.39. The van der Waals surface area contributed by atoms with Crippen LogP contribution in [0.15, 0.2) is 65.9 Å². The van der Waals surface area contributed by atoms with Gasteiger partial charge in [0.25, 0.3) is 0 Å². The maximum atomic E-state index is 13.0. The van der Waals surface area contributed by atoms with Gasteiger partial charge in [-0.2, -0.15) is 0 Å². The molecule has 4 rings (SSSR count). The Morgan fingerprint density at radius 1 is 1.12 bits per heavy atom. The molecule has 2 aromatic carbocycles. The van der Waals surface area contributed by atoms with E-state index in [9.17, 15) is 9.59 Å². The molecule has 2 aromatic rings. The van der Waals surface area contributed by atoms with Crippen LogP contribution in [0.2, 0.25) is 5.02 Å². The zero-order valence-corrected chi connectivity index (χ0v) is 18.9. The van der Waals surface area contributed by atoms with Crippen molar-refractivity contribution < 1.29 is 14.3 Å². The summed E-state index contributed by atoms with van der Waals surface area (Å²) in [6.45, 7) is 4.31. The summed E-state index contributed by atoms with van der Waals surface area (Å²) in [5.41, 5.74) is 3.15. The molecule has 2 aliphatic heterocycles. The minimum atomic E-state index is -0.593. The quantitative estimate of drug-likeness (QED) is 0.636. The summed E-state index contributed by atoms with van der Waals surface area (Å²) in [5, 5.41) is 6.35. The SMILES string of the molecule is CCOC(=O)C1=C(CN2CCCC(c3ccccc3)C2)NC(=O)NC1c1ccc(Cl)cc1. The Balaban J connectivity index is 1.63. The van der Waals surface area contributed by atoms with Crippen molar-refractivity contribution in [3.63, 3.8) is 0 Å². The van der Waals surface area contributed by atoms with Crippen LogP contribution in [0.4, 0.5) is 4.79 Å². The van der Waals surface area contributed by atoms with Gasteiger partial charge in [-0.25, -0.2) is 9.59 Å². The third-order valence-electron chi connectivity index (χ3n) is 6.01. The number of hydrogen-bond donors (Lipinski definition) is 2. The number of rotatable bonds is 6. The van der Waals surface area contributed by atoms with Crippen LogP contribution in [0.1, 0.15) is 42.9 Å². The summed E-state index contributed by atoms with van der Waals surface area (Å²) >= 11 is 6.04. The van der Waals surface area contributed by atoms with Gasteiger partial charge in [0.15, 0.2) is 0 Å². The number of hydrogen-bond acceptors (Lipinski definition) is 4. The predicted molar refractivity (Wildman–Crippen MR) is 124 cm³/mol. The molecule has 2 atom stereocenters. The number of benzene rings is 2. The van der Waals surface area contributed by atoms with E-state index in [0.717, 1.165) is 31.5 Å². The van der Waals surface area contributed by atoms with E-state index in [0.29, 0.717) is 28.8 Å². The van der Waals surface area contributed by atoms with Crippen molar-refractivity contribution in [1.82, 2.24) is 15.5 Å². The van der Waals surface area contributed by atoms with Gasteiger partial charge in [-0.05, 0) is 55.5 Å². The van der Waals surface area contributed by atoms with Crippen LogP contribution >= 0.6 is 11.6 Å². The lowest BCUT2D eigenvalue weighted by Crippen LogP contribution is -2.49. The number of carbonyl (C=O) groups is 2. The van der Waals surface area contributed by atoms with Crippen molar-refractivity contribution in [2.45, 2.75) is 31.7 Å². The van der Waals surface area contributed by atoms with Crippen molar-refractivity contribution >= 4 is 23.6 Å². The summed E-state index contributed by atoms with van der Waals surface area (Å²) in [6, 6.07) is 16.7. The molecule has 0 radical (unpaired) electrons. The second kappa shape index (κ2) is 10.2. The number of likely N-dealkylation sites (tertiary alicyclic amines) is 1. The summed E-state index contributed by atoms with van der Waals surface area (Å²) < 4.78 is 5.37. The molecular formula is C25H28ClN3O3. The minimum absolute atomic E-state index is 0.261. The zero-order chi connectivity index (χ0) is 22.5. The third kappa shape index (κ3) is 5.14. The van der Waals surface area contributed by atoms with E-state index in [2.05, 4.69) is 39.8 Å². The molecule has 0 aliphatic carbocycles. The van der Waals surface area contributed by atoms with E-state index in [4.69, 9.17) is 16.3 Å². The molecule has 7 heteroatoms. The molecule has 2 amide bonds. The van der Waals surface area contributed by atoms with Crippen LogP contribution in [-0.4, -0.2) is 43.1 Å². The fraction of sp³-hybridized carbons (Fsp3) is 0.360. The number of amides is 2. The number of nitrogens with zero attached hydrogens (tertiary/aromatic N) is 1. The Morgan fingerprint density at radius 3 is 2.59 bits per heavy atom. The Bertz CT molecular complexity index is 991. The molecule has 0 spiro atoms. The van der Waals surface area contributed by atoms with E-state index in [-0.39, 0.29) is 12.6 Å². The van der Waals surface area contributed by atoms with E-state index in [1.165, 1.54) is 5.56 Å². The molecule has 2 aliphatic rings. The van der Waals surface area contributed by atoms with Crippen LogP contribution in [0.25, 0.3) is 0 Å². The number of carbonyl (C=O) groups excluding carboxylic acids is 2. The van der Waals surface area contributed by atoms with Gasteiger partial charge < -0.3 is 15.4 Å². The number of ether oxygens (including phenoxy) is 1. The lowest BCUT2D eigenvalue weighted by Gasteiger charge is -2.36. The molecule has 168 valence electrons. The summed E-state index contributed by atoms with van der Waals surface area (Å²) in [5.74, 6) is 0.00708. The maximum absolute atomic E-state index is 13.0. The topological polar surface area (TPSA) is 70.7 Å². The molecular weight excluding hydrogens is 426 g/mol. The first-order chi connectivity index (χ1) is 15.5. The summed E-state index contributed by atoms with van der Waals surface area (Å²) in [6.07, 6.45) is 2.19. The van der Waals surface area contributed by atoms with Crippen molar-refractivity contribution in [2.75, 3.05) is 26.2 Å². The third-order valence-corrected chi connectivity index (χ3v) is 6.26. The fourth-order valence-electron chi connectivity index (χ4n) is 4.52. The highest BCUT2D eigenvalue weighted by Crippen LogP contribution is 2.31. The standard InChI is InChI=1S/C25H28ClN3O3/c1-2-32-24(30)22-21(27-25(31)28-23(22)18-10-12-20(26)13-11-18)16-29-14-6-9-19(15-29)17-7-4-3-5-8-17/h3-5,7-8,10-13,19,23H,2,6,9,14-16H2,1H3,(H2,27,28,31). The molecule has 2 N–H and O–H groups in total. The highest BCUT2D eigenvalue weighted by molar-refractivity contribution is 6.30. The fourth-order valence-corrected chi connectivity index (χ4v) is 4.64. The second-order valence-corrected chi connectivity index (χ2v) is 8.62. The maximum Gasteiger partial charge on any atom is 0.338 e. The van der Waals surface area contributed by atoms with Crippen molar-refractivity contribution in [3.8, 4) is 0 Å². The first-order valence-electron chi connectivity index (χ1n) is 11.1. The van der Waals surface area contributed by atoms with E-state index in [1.807, 2.05) is 18.2 Å². The Morgan fingerprint density at radius 2 is 1.88 bits per heavy atom. The summed E-state index contributed by atoms with van der Waals surface area (Å²) in [7, 11) is 0. The van der Waals surface area contributed by atoms with E-state index in [1.54, 1.807) is 19.1 Å². The largest absolute Gasteiger partial charge is 0.463 e. The molecule has 0 aromatic heterocycles. The normalized spacial score (nSPS) is 21.6. The van der Waals surface area contributed by atoms with Crippen molar-refractivity contribution in [1.29, 1.82) is 0 Å². The smallest absolute Gasteiger partial charge is 0.338 e. The number of esters is 1. The molecule has 2 heterocycles. The zero-order valence-electron chi connectivity index (χ0n) is 18.1. The van der Waals surface area contributed by atoms with Crippen molar-refractivity contribution in [3.05, 3.63) is 82.0 Å². The number of nitrogens with one attached hydrogen (secondary N) is 2. The second-order valence-electron chi connectivity index (χ2n) is 8.18. The van der Waals surface area contributed by atoms with E-state index >= 15 is 0 Å². The number of halogens is 1. The van der Waals surface area contributed by atoms with Crippen LogP contribution in [0.5, 0.6) is 0 Å². The van der Waals surface area contributed by atoms with Crippen LogP contribution < -0.4 is 10.6 Å². The molecule has 6 nitrogen and oxygen atoms in total. The first kappa shape index (κ1) is 22.4. The molecule has 0 saturated carbocycles. The van der Waals surface area contributed by atoms with Gasteiger partial charge >= 0.3 is 12.0 Å². The lowest BCUT2D eigenvalue weighted by molar-refractivity contribution is -0.139. The van der Waals surface area contributed by atoms with Crippen molar-refractivity contribution in [2.24, 2.45) is 0 Å². The lowest BCUT2D eigenvalue weighted by atomic mass is 9.90. The average Bonchev–Trinajstić information content (AvgIpc) is 2.80. The Labute approximate surface area is 193 Å². The van der Waals surface area contributed by atoms with Gasteiger partial charge in [0.2, 0.25) is 0 Å². The van der Waals surface area contributed by atoms with Gasteiger partial charge in [0, 0.05) is 23.8 Å². The van der Waals surface area contributed by atoms with Gasteiger partial charge in [0.1, 0.15) is 0 Å². The minimum Gasteiger partial charge on any atom is -0.463 e. The highest BCUT2D eigenvalue weighted by Gasteiger charge is 2.35. The molecule has 1 saturated heterocycles. The average molecular weight is 454 g/mol. The van der Waals surface area contributed by atoms with Gasteiger partial charge in [-0.3, -0.25) is 4.90 Å². The number of piperidine rings is 1. The monoisotopic (exact) mass is 453 g/mol. The van der Waals surface area contributed by atoms with Crippen LogP contribution in [0, 0.1) is 0 Å². The van der Waals surface area contributed by atoms with Gasteiger partial charge in [-0.15, -0.1) is 0 Å². The summed E-state index contributed by atoms with van der Waals surface area (Å²) in [4.78, 5) is 27.8. The molecule has 2 unspecified atom stereocenters. The first-order valence-corrected chi connectivity index (χ1v) is 11.4. The Hall–Kier alpha value is -2.83. The van der Waals surface area contributed by atoms with E-state index < -0.39 is 12.0 Å². The van der Waals surface area contributed by atoms with Gasteiger partial charge in [0.05, 0.1) is 18.2 Å². The molecule has 0 bridgehead atoms. The molecule has 32 heavy (non-hydrogen) atoms. The van der Waals surface area contributed by atoms with Gasteiger partial charge in [-0.1, -0.05) is 54.1 Å². The van der Waals surface area contributed by atoms with Crippen LogP contribution in [0.3, 0.4) is 0 Å². The van der Waals surface area contributed by atoms with Crippen LogP contribution in [-0.2, 0) is 9.53 Å². The highest BCUT2D eigenvalue weighted by atomic mass is 35.5. The Kier molecular flexibility index (Phi) is 7.12. The number of urea groups is 1.